The van der Waals surface area contributed by atoms with E-state index < -0.39 is 10.8 Å². The third-order valence-corrected chi connectivity index (χ3v) is 4.76. The van der Waals surface area contributed by atoms with Crippen LogP contribution in [0.3, 0.4) is 0 Å². The van der Waals surface area contributed by atoms with Crippen molar-refractivity contribution in [3.8, 4) is 6.07 Å². The van der Waals surface area contributed by atoms with Crippen LogP contribution >= 0.6 is 0 Å². The molecule has 17 heavy (non-hydrogen) atoms. The third kappa shape index (κ3) is 3.39. The molecule has 0 bridgehead atoms. The maximum atomic E-state index is 12.1. The van der Waals surface area contributed by atoms with Crippen molar-refractivity contribution in [2.45, 2.75) is 23.8 Å². The van der Waals surface area contributed by atoms with Crippen molar-refractivity contribution in [1.82, 2.24) is 0 Å². The van der Waals surface area contributed by atoms with Gasteiger partial charge in [-0.15, -0.1) is 0 Å². The van der Waals surface area contributed by atoms with Crippen LogP contribution in [0.25, 0.3) is 0 Å². The molecule has 1 aromatic carbocycles. The lowest BCUT2D eigenvalue weighted by Crippen LogP contribution is -2.25. The molecule has 4 heteroatoms. The van der Waals surface area contributed by atoms with Crippen LogP contribution in [0.15, 0.2) is 24.3 Å². The van der Waals surface area contributed by atoms with E-state index in [9.17, 15) is 4.21 Å². The average molecular weight is 249 g/mol. The van der Waals surface area contributed by atoms with E-state index >= 15 is 0 Å². The molecule has 1 aliphatic heterocycles. The first-order valence-electron chi connectivity index (χ1n) is 5.73. The molecular formula is C13H15NO2S. The predicted molar refractivity (Wildman–Crippen MR) is 66.8 cm³/mol. The van der Waals surface area contributed by atoms with E-state index in [2.05, 4.69) is 6.07 Å². The van der Waals surface area contributed by atoms with Gasteiger partial charge in [0.2, 0.25) is 0 Å². The second-order valence-corrected chi connectivity index (χ2v) is 5.86. The first-order valence-corrected chi connectivity index (χ1v) is 7.12. The van der Waals surface area contributed by atoms with Crippen LogP contribution < -0.4 is 0 Å². The Kier molecular flexibility index (Phi) is 4.29. The molecule has 0 radical (unpaired) electrons. The van der Waals surface area contributed by atoms with Crippen molar-refractivity contribution in [3.05, 3.63) is 35.4 Å². The zero-order valence-corrected chi connectivity index (χ0v) is 10.4. The van der Waals surface area contributed by atoms with Gasteiger partial charge >= 0.3 is 0 Å². The van der Waals surface area contributed by atoms with Crippen LogP contribution in [0.1, 0.15) is 24.0 Å². The number of hydrogen-bond donors (Lipinski definition) is 0. The number of rotatable bonds is 3. The molecule has 1 unspecified atom stereocenters. The Balaban J connectivity index is 1.95. The maximum Gasteiger partial charge on any atom is 0.0991 e. The summed E-state index contributed by atoms with van der Waals surface area (Å²) in [5, 5.41) is 8.95. The third-order valence-electron chi connectivity index (χ3n) is 2.93. The van der Waals surface area contributed by atoms with Crippen molar-refractivity contribution in [1.29, 1.82) is 5.26 Å². The molecule has 0 N–H and O–H groups in total. The highest BCUT2D eigenvalue weighted by Crippen LogP contribution is 2.17. The van der Waals surface area contributed by atoms with Gasteiger partial charge in [0, 0.05) is 35.0 Å². The Bertz CT molecular complexity index is 430. The van der Waals surface area contributed by atoms with Crippen LogP contribution in [0, 0.1) is 11.3 Å². The van der Waals surface area contributed by atoms with E-state index in [0.717, 1.165) is 31.6 Å². The molecule has 2 rings (SSSR count). The van der Waals surface area contributed by atoms with Crippen LogP contribution in [0.4, 0.5) is 0 Å². The summed E-state index contributed by atoms with van der Waals surface area (Å²) in [5.74, 6) is 0.580. The van der Waals surface area contributed by atoms with Gasteiger partial charge in [0.1, 0.15) is 0 Å². The summed E-state index contributed by atoms with van der Waals surface area (Å²) < 4.78 is 17.4. The van der Waals surface area contributed by atoms with Gasteiger partial charge in [-0.1, -0.05) is 12.1 Å². The SMILES string of the molecule is N#Cc1ccc(CS(=O)C2CCOCC2)cc1. The molecule has 0 aliphatic carbocycles. The highest BCUT2D eigenvalue weighted by Gasteiger charge is 2.20. The second-order valence-electron chi connectivity index (χ2n) is 4.15. The lowest BCUT2D eigenvalue weighted by atomic mass is 10.2. The predicted octanol–water partition coefficient (Wildman–Crippen LogP) is 1.99. The largest absolute Gasteiger partial charge is 0.381 e. The fraction of sp³-hybridized carbons (Fsp3) is 0.462. The smallest absolute Gasteiger partial charge is 0.0991 e. The minimum Gasteiger partial charge on any atom is -0.381 e. The lowest BCUT2D eigenvalue weighted by Gasteiger charge is -2.21. The molecular weight excluding hydrogens is 234 g/mol. The zero-order valence-electron chi connectivity index (χ0n) is 9.59. The molecule has 1 fully saturated rings. The monoisotopic (exact) mass is 249 g/mol. The van der Waals surface area contributed by atoms with E-state index in [1.165, 1.54) is 0 Å². The van der Waals surface area contributed by atoms with Gasteiger partial charge in [-0.25, -0.2) is 0 Å². The van der Waals surface area contributed by atoms with Gasteiger partial charge in [-0.05, 0) is 30.5 Å². The van der Waals surface area contributed by atoms with Crippen molar-refractivity contribution in [2.75, 3.05) is 13.2 Å². The minimum absolute atomic E-state index is 0.263. The Labute approximate surface area is 104 Å². The van der Waals surface area contributed by atoms with Crippen molar-refractivity contribution in [2.24, 2.45) is 0 Å². The molecule has 90 valence electrons. The number of nitrogens with zero attached hydrogens (tertiary/aromatic N) is 1. The van der Waals surface area contributed by atoms with Gasteiger partial charge < -0.3 is 4.74 Å². The van der Waals surface area contributed by atoms with E-state index in [4.69, 9.17) is 10.00 Å². The van der Waals surface area contributed by atoms with Crippen LogP contribution in [0.2, 0.25) is 0 Å². The van der Waals surface area contributed by atoms with Crippen LogP contribution in [0.5, 0.6) is 0 Å². The minimum atomic E-state index is -0.829. The Hall–Kier alpha value is -1.18. The molecule has 3 nitrogen and oxygen atoms in total. The van der Waals surface area contributed by atoms with E-state index in [1.807, 2.05) is 12.1 Å². The Morgan fingerprint density at radius 3 is 2.53 bits per heavy atom. The average Bonchev–Trinajstić information content (AvgIpc) is 2.40. The normalized spacial score (nSPS) is 18.5. The van der Waals surface area contributed by atoms with Crippen molar-refractivity contribution < 1.29 is 8.95 Å². The van der Waals surface area contributed by atoms with E-state index in [1.54, 1.807) is 12.1 Å². The maximum absolute atomic E-state index is 12.1. The summed E-state index contributed by atoms with van der Waals surface area (Å²) in [6.07, 6.45) is 1.78. The number of benzene rings is 1. The number of ether oxygens (including phenoxy) is 1. The molecule has 0 saturated carbocycles. The van der Waals surface area contributed by atoms with Gasteiger partial charge in [0.05, 0.1) is 11.6 Å². The summed E-state index contributed by atoms with van der Waals surface area (Å²) in [4.78, 5) is 0. The van der Waals surface area contributed by atoms with E-state index in [-0.39, 0.29) is 5.25 Å². The van der Waals surface area contributed by atoms with Gasteiger partial charge in [0.15, 0.2) is 0 Å². The molecule has 0 spiro atoms. The Morgan fingerprint density at radius 1 is 1.29 bits per heavy atom. The van der Waals surface area contributed by atoms with E-state index in [0.29, 0.717) is 11.3 Å². The lowest BCUT2D eigenvalue weighted by molar-refractivity contribution is 0.0992. The first kappa shape index (κ1) is 12.3. The zero-order chi connectivity index (χ0) is 12.1. The molecule has 1 atom stereocenters. The van der Waals surface area contributed by atoms with Crippen LogP contribution in [-0.2, 0) is 21.3 Å². The fourth-order valence-electron chi connectivity index (χ4n) is 1.90. The molecule has 1 saturated heterocycles. The van der Waals surface area contributed by atoms with Crippen LogP contribution in [-0.4, -0.2) is 22.7 Å². The summed E-state index contributed by atoms with van der Waals surface area (Å²) in [5.41, 5.74) is 1.68. The fourth-order valence-corrected chi connectivity index (χ4v) is 3.37. The summed E-state index contributed by atoms with van der Waals surface area (Å²) in [7, 11) is -0.829. The number of nitriles is 1. The number of hydrogen-bond acceptors (Lipinski definition) is 3. The Morgan fingerprint density at radius 2 is 1.94 bits per heavy atom. The molecule has 1 heterocycles. The standard InChI is InChI=1S/C13H15NO2S/c14-9-11-1-3-12(4-2-11)10-17(15)13-5-7-16-8-6-13/h1-4,13H,5-8,10H2. The highest BCUT2D eigenvalue weighted by molar-refractivity contribution is 7.84. The molecule has 0 aromatic heterocycles. The molecule has 1 aliphatic rings. The second kappa shape index (κ2) is 5.95. The molecule has 0 amide bonds. The van der Waals surface area contributed by atoms with Gasteiger partial charge in [-0.2, -0.15) is 5.26 Å². The summed E-state index contributed by atoms with van der Waals surface area (Å²) in [6, 6.07) is 9.40. The highest BCUT2D eigenvalue weighted by atomic mass is 32.2. The summed E-state index contributed by atoms with van der Waals surface area (Å²) in [6.45, 7) is 1.45. The van der Waals surface area contributed by atoms with Gasteiger partial charge in [0.25, 0.3) is 0 Å². The first-order chi connectivity index (χ1) is 8.29. The quantitative estimate of drug-likeness (QED) is 0.823. The van der Waals surface area contributed by atoms with Crippen molar-refractivity contribution in [3.63, 3.8) is 0 Å². The molecule has 1 aromatic rings. The summed E-state index contributed by atoms with van der Waals surface area (Å²) >= 11 is 0. The van der Waals surface area contributed by atoms with Gasteiger partial charge in [-0.3, -0.25) is 4.21 Å². The topological polar surface area (TPSA) is 50.1 Å². The van der Waals surface area contributed by atoms with Crippen molar-refractivity contribution >= 4 is 10.8 Å².